The Kier molecular flexibility index (Phi) is 3.65. The molecule has 92 valence electrons. The lowest BCUT2D eigenvalue weighted by atomic mass is 9.60. The van der Waals surface area contributed by atoms with Gasteiger partial charge in [0.25, 0.3) is 12.4 Å². The normalized spacial score (nSPS) is 10.4. The van der Waals surface area contributed by atoms with Crippen LogP contribution in [-0.2, 0) is 6.32 Å². The first-order valence-corrected chi connectivity index (χ1v) is 6.19. The van der Waals surface area contributed by atoms with Crippen LogP contribution in [0.5, 0.6) is 0 Å². The Balaban J connectivity index is 2.27. The highest BCUT2D eigenvalue weighted by molar-refractivity contribution is 6.54. The molecule has 0 aliphatic rings. The summed E-state index contributed by atoms with van der Waals surface area (Å²) in [6.45, 7) is 5.94. The van der Waals surface area contributed by atoms with Gasteiger partial charge in [-0.1, -0.05) is 42.7 Å². The number of hydrogen-bond acceptors (Lipinski definition) is 2. The largest absolute Gasteiger partial charge is 0.289 e. The van der Waals surface area contributed by atoms with Gasteiger partial charge in [-0.15, -0.1) is 0 Å². The summed E-state index contributed by atoms with van der Waals surface area (Å²) in [6.07, 6.45) is 0.816. The number of aromatic nitrogens is 2. The van der Waals surface area contributed by atoms with E-state index in [0.717, 1.165) is 17.6 Å². The van der Waals surface area contributed by atoms with Crippen molar-refractivity contribution in [2.45, 2.75) is 27.0 Å². The zero-order chi connectivity index (χ0) is 13.1. The van der Waals surface area contributed by atoms with Crippen molar-refractivity contribution >= 4 is 6.85 Å². The van der Waals surface area contributed by atoms with Crippen LogP contribution in [-0.4, -0.2) is 16.5 Å². The van der Waals surface area contributed by atoms with Crippen LogP contribution in [0.4, 0.5) is 0 Å². The Morgan fingerprint density at radius 3 is 2.56 bits per heavy atom. The van der Waals surface area contributed by atoms with Crippen LogP contribution in [0.3, 0.4) is 0 Å². The quantitative estimate of drug-likeness (QED) is 0.770. The summed E-state index contributed by atoms with van der Waals surface area (Å²) in [5.41, 5.74) is 3.05. The van der Waals surface area contributed by atoms with E-state index < -0.39 is 0 Å². The van der Waals surface area contributed by atoms with Crippen molar-refractivity contribution in [3.63, 3.8) is 0 Å². The van der Waals surface area contributed by atoms with E-state index in [1.54, 1.807) is 10.7 Å². The van der Waals surface area contributed by atoms with Crippen molar-refractivity contribution in [1.82, 2.24) is 9.69 Å². The maximum absolute atomic E-state index is 11.9. The molecule has 0 unspecified atom stereocenters. The van der Waals surface area contributed by atoms with E-state index in [9.17, 15) is 4.79 Å². The molecule has 1 aromatic carbocycles. The van der Waals surface area contributed by atoms with Gasteiger partial charge in [0.2, 0.25) is 0 Å². The average Bonchev–Trinajstić information content (AvgIpc) is 2.35. The van der Waals surface area contributed by atoms with E-state index in [0.29, 0.717) is 0 Å². The van der Waals surface area contributed by atoms with Gasteiger partial charge in [-0.25, -0.2) is 0 Å². The molecule has 0 saturated carbocycles. The Morgan fingerprint density at radius 1 is 1.22 bits per heavy atom. The van der Waals surface area contributed by atoms with Crippen molar-refractivity contribution in [2.24, 2.45) is 0 Å². The van der Waals surface area contributed by atoms with Gasteiger partial charge >= 0.3 is 0 Å². The second-order valence-electron chi connectivity index (χ2n) is 4.73. The fraction of sp³-hybridized carbons (Fsp3) is 0.286. The van der Waals surface area contributed by atoms with E-state index in [1.165, 1.54) is 5.56 Å². The monoisotopic (exact) mass is 240 g/mol. The van der Waals surface area contributed by atoms with Gasteiger partial charge in [0.05, 0.1) is 5.69 Å². The molecule has 0 amide bonds. The summed E-state index contributed by atoms with van der Waals surface area (Å²) < 4.78 is 1.58. The van der Waals surface area contributed by atoms with Gasteiger partial charge in [0.15, 0.2) is 0 Å². The molecule has 4 heteroatoms. The van der Waals surface area contributed by atoms with Crippen LogP contribution in [0, 0.1) is 13.8 Å². The van der Waals surface area contributed by atoms with E-state index in [2.05, 4.69) is 17.2 Å². The number of nitrogens with zero attached hydrogens (tertiary/aromatic N) is 2. The first kappa shape index (κ1) is 12.6. The van der Waals surface area contributed by atoms with E-state index in [-0.39, 0.29) is 12.4 Å². The minimum Gasteiger partial charge on any atom is -0.278 e. The lowest BCUT2D eigenvalue weighted by molar-refractivity contribution is 0.826. The predicted molar refractivity (Wildman–Crippen MR) is 75.1 cm³/mol. The molecule has 1 aromatic heterocycles. The molecule has 0 atom stereocenters. The third-order valence-corrected chi connectivity index (χ3v) is 3.19. The van der Waals surface area contributed by atoms with Crippen molar-refractivity contribution in [3.8, 4) is 0 Å². The Labute approximate surface area is 108 Å². The van der Waals surface area contributed by atoms with Crippen LogP contribution >= 0.6 is 0 Å². The maximum atomic E-state index is 11.9. The minimum absolute atomic E-state index is 0.0264. The Bertz CT molecular complexity index is 592. The lowest BCUT2D eigenvalue weighted by Crippen LogP contribution is -2.37. The second kappa shape index (κ2) is 5.21. The van der Waals surface area contributed by atoms with Crippen LogP contribution in [0.15, 0.2) is 41.2 Å². The first-order valence-electron chi connectivity index (χ1n) is 6.19. The van der Waals surface area contributed by atoms with Crippen LogP contribution in [0.2, 0.25) is 6.82 Å². The predicted octanol–water partition coefficient (Wildman–Crippen LogP) is 2.11. The molecule has 1 heterocycles. The zero-order valence-corrected chi connectivity index (χ0v) is 11.1. The lowest BCUT2D eigenvalue weighted by Gasteiger charge is -2.12. The molecule has 2 aromatic rings. The van der Waals surface area contributed by atoms with Gasteiger partial charge < -0.3 is 0 Å². The molecule has 0 bridgehead atoms. The highest BCUT2D eigenvalue weighted by Crippen LogP contribution is 2.04. The van der Waals surface area contributed by atoms with Crippen LogP contribution in [0.25, 0.3) is 0 Å². The molecule has 2 rings (SSSR count). The Morgan fingerprint density at radius 2 is 1.89 bits per heavy atom. The number of rotatable bonds is 3. The van der Waals surface area contributed by atoms with Gasteiger partial charge in [0, 0.05) is 6.07 Å². The van der Waals surface area contributed by atoms with Crippen molar-refractivity contribution < 1.29 is 0 Å². The van der Waals surface area contributed by atoms with Gasteiger partial charge in [-0.3, -0.25) is 9.39 Å². The highest BCUT2D eigenvalue weighted by atomic mass is 16.1. The summed E-state index contributed by atoms with van der Waals surface area (Å²) in [6, 6.07) is 11.8. The summed E-state index contributed by atoms with van der Waals surface area (Å²) in [5, 5.41) is 4.37. The molecule has 0 aliphatic heterocycles. The number of benzene rings is 1. The molecular formula is C14H17BN2O. The SMILES string of the molecule is CB(Cc1ccccc1)n1nc(C)c(C)cc1=O. The van der Waals surface area contributed by atoms with Crippen molar-refractivity contribution in [1.29, 1.82) is 0 Å². The summed E-state index contributed by atoms with van der Waals surface area (Å²) in [4.78, 5) is 11.9. The topological polar surface area (TPSA) is 34.9 Å². The summed E-state index contributed by atoms with van der Waals surface area (Å²) in [5.74, 6) is 0. The van der Waals surface area contributed by atoms with E-state index >= 15 is 0 Å². The van der Waals surface area contributed by atoms with Crippen molar-refractivity contribution in [3.05, 3.63) is 63.6 Å². The molecule has 0 fully saturated rings. The summed E-state index contributed by atoms with van der Waals surface area (Å²) in [7, 11) is 0. The molecular weight excluding hydrogens is 223 g/mol. The van der Waals surface area contributed by atoms with Gasteiger partial charge in [-0.05, 0) is 25.7 Å². The number of hydrogen-bond donors (Lipinski definition) is 0. The third-order valence-electron chi connectivity index (χ3n) is 3.19. The summed E-state index contributed by atoms with van der Waals surface area (Å²) >= 11 is 0. The Hall–Kier alpha value is -1.84. The fourth-order valence-corrected chi connectivity index (χ4v) is 2.00. The number of aryl methyl sites for hydroxylation is 2. The second-order valence-corrected chi connectivity index (χ2v) is 4.73. The average molecular weight is 240 g/mol. The van der Waals surface area contributed by atoms with Gasteiger partial charge in [-0.2, -0.15) is 5.10 Å². The molecule has 0 radical (unpaired) electrons. The molecule has 0 aliphatic carbocycles. The third kappa shape index (κ3) is 2.70. The molecule has 0 spiro atoms. The highest BCUT2D eigenvalue weighted by Gasteiger charge is 2.14. The molecule has 3 nitrogen and oxygen atoms in total. The van der Waals surface area contributed by atoms with Crippen LogP contribution < -0.4 is 5.56 Å². The van der Waals surface area contributed by atoms with E-state index in [4.69, 9.17) is 0 Å². The fourth-order valence-electron chi connectivity index (χ4n) is 2.00. The smallest absolute Gasteiger partial charge is 0.278 e. The molecule has 0 saturated heterocycles. The standard InChI is InChI=1S/C14H17BN2O/c1-11-9-14(18)17(16-12(11)2)15(3)10-13-7-5-4-6-8-13/h4-9H,10H2,1-3H3. The molecule has 0 N–H and O–H groups in total. The van der Waals surface area contributed by atoms with Gasteiger partial charge in [0.1, 0.15) is 0 Å². The van der Waals surface area contributed by atoms with Crippen molar-refractivity contribution in [2.75, 3.05) is 0 Å². The van der Waals surface area contributed by atoms with E-state index in [1.807, 2.05) is 38.9 Å². The minimum atomic E-state index is -0.0264. The maximum Gasteiger partial charge on any atom is 0.289 e. The first-order chi connectivity index (χ1) is 8.58. The molecule has 18 heavy (non-hydrogen) atoms. The zero-order valence-electron chi connectivity index (χ0n) is 11.1. The van der Waals surface area contributed by atoms with Crippen LogP contribution in [0.1, 0.15) is 16.8 Å².